The molecule has 82 valence electrons. The smallest absolute Gasteiger partial charge is 0.382 e. The maximum Gasteiger partial charge on any atom is 0.397 e. The van der Waals surface area contributed by atoms with Gasteiger partial charge in [0.1, 0.15) is 11.8 Å². The summed E-state index contributed by atoms with van der Waals surface area (Å²) in [4.78, 5) is 0. The summed E-state index contributed by atoms with van der Waals surface area (Å²) in [5.41, 5.74) is 7.09. The van der Waals surface area contributed by atoms with Gasteiger partial charge in [0.2, 0.25) is 0 Å². The number of alkyl halides is 3. The Bertz CT molecular complexity index is 381. The number of hydrazone groups is 1. The van der Waals surface area contributed by atoms with Gasteiger partial charge in [-0.25, -0.2) is 0 Å². The van der Waals surface area contributed by atoms with Crippen LogP contribution < -0.4 is 11.2 Å². The Morgan fingerprint density at radius 3 is 2.80 bits per heavy atom. The van der Waals surface area contributed by atoms with E-state index in [1.54, 1.807) is 6.08 Å². The molecule has 0 fully saturated rings. The van der Waals surface area contributed by atoms with Crippen LogP contribution in [0.1, 0.15) is 6.92 Å². The molecule has 1 aliphatic heterocycles. The lowest BCUT2D eigenvalue weighted by Gasteiger charge is -2.36. The number of fused-ring (bicyclic) bond motifs is 1. The predicted octanol–water partition coefficient (Wildman–Crippen LogP) is 1.30. The molecule has 0 bridgehead atoms. The van der Waals surface area contributed by atoms with Crippen LogP contribution in [0.3, 0.4) is 0 Å². The number of hydrogen-bond donors (Lipinski definition) is 2. The second kappa shape index (κ2) is 2.77. The second-order valence-corrected chi connectivity index (χ2v) is 3.80. The van der Waals surface area contributed by atoms with Gasteiger partial charge in [-0.3, -0.25) is 5.43 Å². The number of nitrogens with one attached hydrogen (secondary N) is 1. The molecule has 2 unspecified atom stereocenters. The molecule has 0 amide bonds. The SMILES string of the molecule is CC12NN=C(N)C1=CC=CC2C(F)(F)F. The summed E-state index contributed by atoms with van der Waals surface area (Å²) in [6.07, 6.45) is -0.270. The van der Waals surface area contributed by atoms with Crippen LogP contribution in [-0.4, -0.2) is 17.6 Å². The topological polar surface area (TPSA) is 50.4 Å². The Morgan fingerprint density at radius 1 is 1.53 bits per heavy atom. The molecule has 2 atom stereocenters. The monoisotopic (exact) mass is 217 g/mol. The van der Waals surface area contributed by atoms with E-state index in [-0.39, 0.29) is 5.84 Å². The van der Waals surface area contributed by atoms with Crippen LogP contribution in [0.15, 0.2) is 28.9 Å². The van der Waals surface area contributed by atoms with E-state index in [0.29, 0.717) is 5.57 Å². The number of nitrogens with zero attached hydrogens (tertiary/aromatic N) is 1. The molecule has 2 rings (SSSR count). The van der Waals surface area contributed by atoms with Crippen molar-refractivity contribution in [2.24, 2.45) is 16.8 Å². The molecule has 0 aromatic heterocycles. The summed E-state index contributed by atoms with van der Waals surface area (Å²) in [5.74, 6) is -1.48. The second-order valence-electron chi connectivity index (χ2n) is 3.80. The number of rotatable bonds is 0. The molecule has 1 aliphatic carbocycles. The number of allylic oxidation sites excluding steroid dienone is 2. The molecule has 0 aromatic rings. The van der Waals surface area contributed by atoms with Crippen molar-refractivity contribution in [2.75, 3.05) is 0 Å². The lowest BCUT2D eigenvalue weighted by Crippen LogP contribution is -2.51. The third-order valence-corrected chi connectivity index (χ3v) is 2.79. The van der Waals surface area contributed by atoms with Gasteiger partial charge < -0.3 is 5.73 Å². The average Bonchev–Trinajstić information content (AvgIpc) is 2.41. The van der Waals surface area contributed by atoms with Crippen LogP contribution in [0.2, 0.25) is 0 Å². The van der Waals surface area contributed by atoms with Gasteiger partial charge in [0.25, 0.3) is 0 Å². The van der Waals surface area contributed by atoms with Gasteiger partial charge in [-0.05, 0) is 6.92 Å². The zero-order chi connectivity index (χ0) is 11.3. The minimum Gasteiger partial charge on any atom is -0.382 e. The first-order valence-electron chi connectivity index (χ1n) is 4.42. The highest BCUT2D eigenvalue weighted by molar-refractivity contribution is 6.01. The molecule has 0 saturated carbocycles. The first kappa shape index (κ1) is 10.1. The first-order chi connectivity index (χ1) is 6.86. The summed E-state index contributed by atoms with van der Waals surface area (Å²) < 4.78 is 38.2. The van der Waals surface area contributed by atoms with E-state index < -0.39 is 17.6 Å². The number of nitrogens with two attached hydrogens (primary N) is 1. The highest BCUT2D eigenvalue weighted by atomic mass is 19.4. The Balaban J connectivity index is 2.43. The highest BCUT2D eigenvalue weighted by Gasteiger charge is 2.55. The lowest BCUT2D eigenvalue weighted by atomic mass is 9.76. The molecule has 2 aliphatic rings. The number of hydrogen-bond acceptors (Lipinski definition) is 3. The van der Waals surface area contributed by atoms with Gasteiger partial charge in [0.05, 0.1) is 5.54 Å². The minimum atomic E-state index is -4.31. The number of amidine groups is 1. The van der Waals surface area contributed by atoms with Crippen molar-refractivity contribution < 1.29 is 13.2 Å². The molecule has 0 radical (unpaired) electrons. The molecule has 3 N–H and O–H groups in total. The maximum atomic E-state index is 12.7. The van der Waals surface area contributed by atoms with E-state index in [1.807, 2.05) is 0 Å². The summed E-state index contributed by atoms with van der Waals surface area (Å²) in [7, 11) is 0. The van der Waals surface area contributed by atoms with Crippen molar-refractivity contribution >= 4 is 5.84 Å². The average molecular weight is 217 g/mol. The Morgan fingerprint density at radius 2 is 2.20 bits per heavy atom. The quantitative estimate of drug-likeness (QED) is 0.642. The summed E-state index contributed by atoms with van der Waals surface area (Å²) >= 11 is 0. The van der Waals surface area contributed by atoms with Crippen LogP contribution in [0, 0.1) is 5.92 Å². The maximum absolute atomic E-state index is 12.7. The van der Waals surface area contributed by atoms with Gasteiger partial charge in [0.15, 0.2) is 0 Å². The van der Waals surface area contributed by atoms with Crippen LogP contribution in [0.4, 0.5) is 13.2 Å². The van der Waals surface area contributed by atoms with Gasteiger partial charge in [-0.1, -0.05) is 18.2 Å². The van der Waals surface area contributed by atoms with Crippen LogP contribution in [0.5, 0.6) is 0 Å². The zero-order valence-corrected chi connectivity index (χ0v) is 7.97. The van der Waals surface area contributed by atoms with Gasteiger partial charge >= 0.3 is 6.18 Å². The van der Waals surface area contributed by atoms with Gasteiger partial charge in [0, 0.05) is 5.57 Å². The molecule has 15 heavy (non-hydrogen) atoms. The lowest BCUT2D eigenvalue weighted by molar-refractivity contribution is -0.175. The largest absolute Gasteiger partial charge is 0.397 e. The standard InChI is InChI=1S/C9H10F3N3/c1-8-5(7(13)14-15-8)3-2-4-6(8)9(10,11)12/h2-4,6,15H,1H3,(H2,13,14). The highest BCUT2D eigenvalue weighted by Crippen LogP contribution is 2.43. The van der Waals surface area contributed by atoms with E-state index in [2.05, 4.69) is 10.5 Å². The Labute approximate surface area is 84.5 Å². The summed E-state index contributed by atoms with van der Waals surface area (Å²) in [5, 5.41) is 3.65. The molecule has 0 spiro atoms. The van der Waals surface area contributed by atoms with Crippen LogP contribution >= 0.6 is 0 Å². The summed E-state index contributed by atoms with van der Waals surface area (Å²) in [6.45, 7) is 1.45. The van der Waals surface area contributed by atoms with Gasteiger partial charge in [-0.2, -0.15) is 18.3 Å². The van der Waals surface area contributed by atoms with Gasteiger partial charge in [-0.15, -0.1) is 0 Å². The van der Waals surface area contributed by atoms with E-state index in [9.17, 15) is 13.2 Å². The summed E-state index contributed by atoms with van der Waals surface area (Å²) in [6, 6.07) is 0. The van der Waals surface area contributed by atoms with Crippen LogP contribution in [-0.2, 0) is 0 Å². The Kier molecular flexibility index (Phi) is 1.86. The van der Waals surface area contributed by atoms with E-state index in [4.69, 9.17) is 5.73 Å². The predicted molar refractivity (Wildman–Crippen MR) is 49.9 cm³/mol. The normalized spacial score (nSPS) is 34.3. The van der Waals surface area contributed by atoms with E-state index in [1.165, 1.54) is 13.0 Å². The van der Waals surface area contributed by atoms with E-state index in [0.717, 1.165) is 6.08 Å². The van der Waals surface area contributed by atoms with E-state index >= 15 is 0 Å². The Hall–Kier alpha value is -1.46. The molecule has 6 heteroatoms. The van der Waals surface area contributed by atoms with Crippen LogP contribution in [0.25, 0.3) is 0 Å². The molecule has 1 heterocycles. The first-order valence-corrected chi connectivity index (χ1v) is 4.42. The molecular weight excluding hydrogens is 207 g/mol. The third-order valence-electron chi connectivity index (χ3n) is 2.79. The van der Waals surface area contributed by atoms with Crippen molar-refractivity contribution in [1.29, 1.82) is 0 Å². The fourth-order valence-electron chi connectivity index (χ4n) is 1.95. The molecular formula is C9H10F3N3. The minimum absolute atomic E-state index is 0.121. The van der Waals surface area contributed by atoms with Crippen molar-refractivity contribution in [3.05, 3.63) is 23.8 Å². The fourth-order valence-corrected chi connectivity index (χ4v) is 1.95. The van der Waals surface area contributed by atoms with Crippen molar-refractivity contribution in [2.45, 2.75) is 18.6 Å². The van der Waals surface area contributed by atoms with Crippen molar-refractivity contribution in [3.8, 4) is 0 Å². The number of halogens is 3. The fraction of sp³-hybridized carbons (Fsp3) is 0.444. The molecule has 0 aromatic carbocycles. The van der Waals surface area contributed by atoms with Crippen molar-refractivity contribution in [1.82, 2.24) is 5.43 Å². The zero-order valence-electron chi connectivity index (χ0n) is 7.97. The third kappa shape index (κ3) is 1.32. The molecule has 0 saturated heterocycles. The van der Waals surface area contributed by atoms with Crippen molar-refractivity contribution in [3.63, 3.8) is 0 Å². The molecule has 3 nitrogen and oxygen atoms in total.